The summed E-state index contributed by atoms with van der Waals surface area (Å²) in [6.45, 7) is 4.39. The Labute approximate surface area is 247 Å². The Morgan fingerprint density at radius 2 is 1.85 bits per heavy atom. The summed E-state index contributed by atoms with van der Waals surface area (Å²) in [4.78, 5) is 30.2. The van der Waals surface area contributed by atoms with Gasteiger partial charge in [-0.05, 0) is 54.3 Å². The third-order valence-electron chi connectivity index (χ3n) is 6.89. The van der Waals surface area contributed by atoms with Crippen LogP contribution in [0.15, 0.2) is 83.8 Å². The van der Waals surface area contributed by atoms with Crippen LogP contribution in [0.5, 0.6) is 0 Å². The van der Waals surface area contributed by atoms with Crippen molar-refractivity contribution in [3.8, 4) is 6.07 Å². The topological polar surface area (TPSA) is 85.2 Å². The molecule has 5 rings (SSSR count). The van der Waals surface area contributed by atoms with E-state index in [1.807, 2.05) is 31.2 Å². The summed E-state index contributed by atoms with van der Waals surface area (Å²) in [5.74, 6) is -1.30. The molecule has 0 fully saturated rings. The zero-order valence-corrected chi connectivity index (χ0v) is 24.2. The number of thiophene rings is 1. The molecule has 4 aromatic rings. The zero-order valence-electron chi connectivity index (χ0n) is 22.5. The highest BCUT2D eigenvalue weighted by Gasteiger charge is 2.27. The van der Waals surface area contributed by atoms with Gasteiger partial charge in [-0.2, -0.15) is 5.26 Å². The largest absolute Gasteiger partial charge is 0.322 e. The fraction of sp³-hybridized carbons (Fsp3) is 0.219. The van der Waals surface area contributed by atoms with E-state index in [1.54, 1.807) is 24.3 Å². The number of thioether (sulfide) groups is 1. The van der Waals surface area contributed by atoms with Crippen molar-refractivity contribution in [1.82, 2.24) is 4.90 Å². The van der Waals surface area contributed by atoms with E-state index in [9.17, 15) is 19.2 Å². The molecule has 3 aromatic carbocycles. The molecule has 6 nitrogen and oxygen atoms in total. The molecule has 208 valence electrons. The number of halogens is 1. The number of fused-ring (bicyclic) bond motifs is 1. The van der Waals surface area contributed by atoms with Gasteiger partial charge in [0.05, 0.1) is 16.4 Å². The molecular formula is C32H29FN4O2S2. The van der Waals surface area contributed by atoms with Crippen LogP contribution in [0.4, 0.5) is 15.1 Å². The van der Waals surface area contributed by atoms with Crippen LogP contribution in [0, 0.1) is 17.1 Å². The molecule has 0 saturated heterocycles. The monoisotopic (exact) mass is 584 g/mol. The van der Waals surface area contributed by atoms with E-state index >= 15 is 0 Å². The number of amides is 2. The van der Waals surface area contributed by atoms with Gasteiger partial charge >= 0.3 is 0 Å². The third-order valence-corrected chi connectivity index (χ3v) is 9.38. The number of rotatable bonds is 9. The Hall–Kier alpha value is -3.97. The summed E-state index contributed by atoms with van der Waals surface area (Å²) in [7, 11) is 0. The number of hydrogen-bond donors (Lipinski definition) is 2. The van der Waals surface area contributed by atoms with E-state index in [0.717, 1.165) is 41.4 Å². The van der Waals surface area contributed by atoms with Crippen molar-refractivity contribution >= 4 is 45.6 Å². The van der Waals surface area contributed by atoms with Crippen molar-refractivity contribution in [3.63, 3.8) is 0 Å². The van der Waals surface area contributed by atoms with Gasteiger partial charge in [0.2, 0.25) is 5.91 Å². The minimum atomic E-state index is -0.589. The van der Waals surface area contributed by atoms with Crippen LogP contribution in [0.3, 0.4) is 0 Å². The first-order valence-corrected chi connectivity index (χ1v) is 15.1. The molecular weight excluding hydrogens is 556 g/mol. The quantitative estimate of drug-likeness (QED) is 0.205. The Morgan fingerprint density at radius 1 is 1.07 bits per heavy atom. The summed E-state index contributed by atoms with van der Waals surface area (Å²) in [6.07, 6.45) is 1.34. The van der Waals surface area contributed by atoms with Gasteiger partial charge in [0.15, 0.2) is 0 Å². The fourth-order valence-corrected chi connectivity index (χ4v) is 7.07. The first-order chi connectivity index (χ1) is 19.9. The van der Waals surface area contributed by atoms with E-state index < -0.39 is 17.0 Å². The van der Waals surface area contributed by atoms with E-state index in [4.69, 9.17) is 0 Å². The molecule has 0 spiro atoms. The van der Waals surface area contributed by atoms with E-state index in [2.05, 4.69) is 33.7 Å². The fourth-order valence-electron chi connectivity index (χ4n) is 4.81. The number of nitriles is 1. The second-order valence-corrected chi connectivity index (χ2v) is 12.1. The molecule has 0 radical (unpaired) electrons. The lowest BCUT2D eigenvalue weighted by atomic mass is 10.0. The standard InChI is InChI=1S/C32H29FN4O2S2/c1-2-28(40-23-12-8-11-22(17-23)35-30(38)25-13-6-7-14-27(25)33)31(39)36-32-26(18-34)24-15-16-37(20-29(24)41-32)19-21-9-4-3-5-10-21/h3-14,17,28H,2,15-16,19-20H2,1H3,(H,35,38)(H,36,39). The van der Waals surface area contributed by atoms with Crippen molar-refractivity contribution in [2.75, 3.05) is 17.2 Å². The molecule has 2 amide bonds. The van der Waals surface area contributed by atoms with Crippen molar-refractivity contribution in [1.29, 1.82) is 5.26 Å². The summed E-state index contributed by atoms with van der Waals surface area (Å²) < 4.78 is 14.0. The highest BCUT2D eigenvalue weighted by atomic mass is 32.2. The SMILES string of the molecule is CCC(Sc1cccc(NC(=O)c2ccccc2F)c1)C(=O)Nc1sc2c(c1C#N)CCN(Cc1ccccc1)C2. The average molecular weight is 585 g/mol. The molecule has 9 heteroatoms. The molecule has 1 aromatic heterocycles. The van der Waals surface area contributed by atoms with Gasteiger partial charge in [0, 0.05) is 35.1 Å². The van der Waals surface area contributed by atoms with Crippen LogP contribution < -0.4 is 10.6 Å². The molecule has 1 atom stereocenters. The molecule has 1 aliphatic rings. The third kappa shape index (κ3) is 6.85. The number of anilines is 2. The van der Waals surface area contributed by atoms with Gasteiger partial charge in [-0.3, -0.25) is 14.5 Å². The minimum absolute atomic E-state index is 0.0357. The number of nitrogens with zero attached hydrogens (tertiary/aromatic N) is 2. The summed E-state index contributed by atoms with van der Waals surface area (Å²) in [5, 5.41) is 15.9. The van der Waals surface area contributed by atoms with Crippen LogP contribution in [-0.2, 0) is 24.3 Å². The van der Waals surface area contributed by atoms with Crippen molar-refractivity contribution < 1.29 is 14.0 Å². The highest BCUT2D eigenvalue weighted by molar-refractivity contribution is 8.00. The minimum Gasteiger partial charge on any atom is -0.322 e. The lowest BCUT2D eigenvalue weighted by molar-refractivity contribution is -0.115. The maximum atomic E-state index is 14.0. The van der Waals surface area contributed by atoms with E-state index in [-0.39, 0.29) is 11.5 Å². The Bertz CT molecular complexity index is 1600. The van der Waals surface area contributed by atoms with Gasteiger partial charge in [-0.15, -0.1) is 23.1 Å². The van der Waals surface area contributed by atoms with Crippen LogP contribution in [0.25, 0.3) is 0 Å². The molecule has 0 bridgehead atoms. The first kappa shape index (κ1) is 28.6. The molecule has 0 aliphatic carbocycles. The predicted octanol–water partition coefficient (Wildman–Crippen LogP) is 7.08. The highest BCUT2D eigenvalue weighted by Crippen LogP contribution is 2.38. The average Bonchev–Trinajstić information content (AvgIpc) is 3.32. The Balaban J connectivity index is 1.25. The van der Waals surface area contributed by atoms with Gasteiger partial charge in [-0.25, -0.2) is 4.39 Å². The molecule has 0 saturated carbocycles. The Morgan fingerprint density at radius 3 is 2.61 bits per heavy atom. The molecule has 41 heavy (non-hydrogen) atoms. The van der Waals surface area contributed by atoms with Gasteiger partial charge in [-0.1, -0.05) is 55.5 Å². The molecule has 2 heterocycles. The van der Waals surface area contributed by atoms with Gasteiger partial charge in [0.1, 0.15) is 16.9 Å². The smallest absolute Gasteiger partial charge is 0.258 e. The Kier molecular flexibility index (Phi) is 9.14. The number of carbonyl (C=O) groups is 2. The van der Waals surface area contributed by atoms with Crippen LogP contribution >= 0.6 is 23.1 Å². The van der Waals surface area contributed by atoms with Crippen molar-refractivity contribution in [2.24, 2.45) is 0 Å². The second kappa shape index (κ2) is 13.1. The molecule has 2 N–H and O–H groups in total. The van der Waals surface area contributed by atoms with Crippen molar-refractivity contribution in [3.05, 3.63) is 112 Å². The van der Waals surface area contributed by atoms with Gasteiger partial charge in [0.25, 0.3) is 5.91 Å². The lowest BCUT2D eigenvalue weighted by Gasteiger charge is -2.26. The van der Waals surface area contributed by atoms with Crippen LogP contribution in [0.2, 0.25) is 0 Å². The first-order valence-electron chi connectivity index (χ1n) is 13.4. The zero-order chi connectivity index (χ0) is 28.8. The summed E-state index contributed by atoms with van der Waals surface area (Å²) in [6, 6.07) is 25.6. The maximum Gasteiger partial charge on any atom is 0.258 e. The number of carbonyl (C=O) groups excluding carboxylic acids is 2. The maximum absolute atomic E-state index is 14.0. The summed E-state index contributed by atoms with van der Waals surface area (Å²) in [5.41, 5.74) is 3.33. The number of hydrogen-bond acceptors (Lipinski definition) is 6. The molecule has 1 aliphatic heterocycles. The second-order valence-electron chi connectivity index (χ2n) is 9.73. The number of nitrogens with one attached hydrogen (secondary N) is 2. The van der Waals surface area contributed by atoms with Gasteiger partial charge < -0.3 is 10.6 Å². The van der Waals surface area contributed by atoms with E-state index in [0.29, 0.717) is 22.7 Å². The lowest BCUT2D eigenvalue weighted by Crippen LogP contribution is -2.29. The summed E-state index contributed by atoms with van der Waals surface area (Å²) >= 11 is 2.87. The van der Waals surface area contributed by atoms with Crippen LogP contribution in [0.1, 0.15) is 45.3 Å². The van der Waals surface area contributed by atoms with Crippen molar-refractivity contribution in [2.45, 2.75) is 43.0 Å². The number of benzene rings is 3. The normalized spacial score (nSPS) is 13.6. The van der Waals surface area contributed by atoms with Crippen LogP contribution in [-0.4, -0.2) is 28.5 Å². The van der Waals surface area contributed by atoms with E-state index in [1.165, 1.54) is 46.9 Å². The predicted molar refractivity (Wildman–Crippen MR) is 163 cm³/mol. The molecule has 1 unspecified atom stereocenters.